The van der Waals surface area contributed by atoms with E-state index in [4.69, 9.17) is 0 Å². The Morgan fingerprint density at radius 3 is 2.74 bits per heavy atom. The highest BCUT2D eigenvalue weighted by atomic mass is 19.1. The Bertz CT molecular complexity index is 540. The van der Waals surface area contributed by atoms with Crippen LogP contribution in [0.5, 0.6) is 0 Å². The number of rotatable bonds is 7. The molecule has 4 nitrogen and oxygen atoms in total. The second-order valence-corrected chi connectivity index (χ2v) is 6.23. The van der Waals surface area contributed by atoms with Crippen LogP contribution in [0.1, 0.15) is 43.9 Å². The minimum atomic E-state index is -0.165. The van der Waals surface area contributed by atoms with Gasteiger partial charge in [0.05, 0.1) is 6.04 Å². The zero-order chi connectivity index (χ0) is 16.8. The number of guanidine groups is 1. The van der Waals surface area contributed by atoms with Crippen molar-refractivity contribution in [3.8, 4) is 0 Å². The van der Waals surface area contributed by atoms with Crippen LogP contribution in [-0.4, -0.2) is 43.6 Å². The smallest absolute Gasteiger partial charge is 0.191 e. The van der Waals surface area contributed by atoms with E-state index in [1.54, 1.807) is 20.0 Å². The average Bonchev–Trinajstić information content (AvgIpc) is 3.37. The van der Waals surface area contributed by atoms with Gasteiger partial charge in [-0.3, -0.25) is 9.89 Å². The van der Waals surface area contributed by atoms with E-state index in [1.807, 2.05) is 19.1 Å². The Morgan fingerprint density at radius 1 is 1.43 bits per heavy atom. The normalized spacial score (nSPS) is 16.5. The van der Waals surface area contributed by atoms with Gasteiger partial charge in [-0.2, -0.15) is 0 Å². The number of aryl methyl sites for hydroxylation is 1. The van der Waals surface area contributed by atoms with Crippen LogP contribution < -0.4 is 10.6 Å². The lowest BCUT2D eigenvalue weighted by atomic mass is 10.1. The second kappa shape index (κ2) is 8.29. The summed E-state index contributed by atoms with van der Waals surface area (Å²) >= 11 is 0. The number of hydrogen-bond donors (Lipinski definition) is 2. The third-order valence-electron chi connectivity index (χ3n) is 4.43. The van der Waals surface area contributed by atoms with E-state index in [0.29, 0.717) is 5.56 Å². The molecule has 0 aliphatic heterocycles. The number of nitrogens with one attached hydrogen (secondary N) is 2. The van der Waals surface area contributed by atoms with E-state index in [0.717, 1.165) is 37.2 Å². The molecule has 2 rings (SSSR count). The quantitative estimate of drug-likeness (QED) is 0.599. The highest BCUT2D eigenvalue weighted by molar-refractivity contribution is 5.80. The zero-order valence-electron chi connectivity index (χ0n) is 14.7. The Hall–Kier alpha value is -1.62. The number of hydrogen-bond acceptors (Lipinski definition) is 2. The SMILES string of the molecule is CCN(CCNC(=NC)NC(C)c1ccc(C)c(F)c1)C1CC1. The molecule has 0 bridgehead atoms. The molecule has 5 heteroatoms. The van der Waals surface area contributed by atoms with Gasteiger partial charge >= 0.3 is 0 Å². The summed E-state index contributed by atoms with van der Waals surface area (Å²) in [5.41, 5.74) is 1.59. The van der Waals surface area contributed by atoms with Crippen molar-refractivity contribution in [2.24, 2.45) is 4.99 Å². The van der Waals surface area contributed by atoms with Gasteiger partial charge in [0.15, 0.2) is 5.96 Å². The van der Waals surface area contributed by atoms with Crippen molar-refractivity contribution < 1.29 is 4.39 Å². The van der Waals surface area contributed by atoms with Gasteiger partial charge in [0.25, 0.3) is 0 Å². The Morgan fingerprint density at radius 2 is 2.17 bits per heavy atom. The number of halogens is 1. The largest absolute Gasteiger partial charge is 0.355 e. The molecular formula is C18H29FN4. The molecule has 1 fully saturated rings. The van der Waals surface area contributed by atoms with Crippen molar-refractivity contribution in [2.45, 2.75) is 45.7 Å². The molecule has 0 radical (unpaired) electrons. The van der Waals surface area contributed by atoms with Gasteiger partial charge in [-0.15, -0.1) is 0 Å². The standard InChI is InChI=1S/C18H29FN4/c1-5-23(16-8-9-16)11-10-21-18(20-4)22-14(3)15-7-6-13(2)17(19)12-15/h6-7,12,14,16H,5,8-11H2,1-4H3,(H2,20,21,22). The molecule has 0 heterocycles. The van der Waals surface area contributed by atoms with Crippen LogP contribution in [0.25, 0.3) is 0 Å². The summed E-state index contributed by atoms with van der Waals surface area (Å²) < 4.78 is 13.7. The molecule has 1 atom stereocenters. The van der Waals surface area contributed by atoms with Crippen molar-refractivity contribution in [3.05, 3.63) is 35.1 Å². The molecule has 0 aromatic heterocycles. The van der Waals surface area contributed by atoms with Crippen LogP contribution >= 0.6 is 0 Å². The van der Waals surface area contributed by atoms with Gasteiger partial charge in [-0.1, -0.05) is 19.1 Å². The predicted molar refractivity (Wildman–Crippen MR) is 94.3 cm³/mol. The fraction of sp³-hybridized carbons (Fsp3) is 0.611. The number of likely N-dealkylation sites (N-methyl/N-ethyl adjacent to an activating group) is 1. The maximum atomic E-state index is 13.7. The van der Waals surface area contributed by atoms with Crippen LogP contribution in [0.4, 0.5) is 4.39 Å². The number of nitrogens with zero attached hydrogens (tertiary/aromatic N) is 2. The van der Waals surface area contributed by atoms with Crippen LogP contribution in [0.15, 0.2) is 23.2 Å². The molecule has 2 N–H and O–H groups in total. The maximum Gasteiger partial charge on any atom is 0.191 e. The van der Waals surface area contributed by atoms with Gasteiger partial charge in [0.2, 0.25) is 0 Å². The topological polar surface area (TPSA) is 39.7 Å². The van der Waals surface area contributed by atoms with Crippen molar-refractivity contribution >= 4 is 5.96 Å². The highest BCUT2D eigenvalue weighted by Crippen LogP contribution is 2.25. The summed E-state index contributed by atoms with van der Waals surface area (Å²) in [6, 6.07) is 6.14. The van der Waals surface area contributed by atoms with Crippen LogP contribution in [0, 0.1) is 12.7 Å². The summed E-state index contributed by atoms with van der Waals surface area (Å²) in [6.07, 6.45) is 2.66. The molecule has 1 aliphatic carbocycles. The van der Waals surface area contributed by atoms with Crippen molar-refractivity contribution in [1.82, 2.24) is 15.5 Å². The van der Waals surface area contributed by atoms with Gasteiger partial charge in [0, 0.05) is 26.2 Å². The third kappa shape index (κ3) is 5.20. The summed E-state index contributed by atoms with van der Waals surface area (Å²) in [7, 11) is 1.76. The molecule has 1 aromatic carbocycles. The second-order valence-electron chi connectivity index (χ2n) is 6.23. The maximum absolute atomic E-state index is 13.7. The lowest BCUT2D eigenvalue weighted by molar-refractivity contribution is 0.282. The summed E-state index contributed by atoms with van der Waals surface area (Å²) in [6.45, 7) is 8.97. The molecule has 1 saturated carbocycles. The fourth-order valence-corrected chi connectivity index (χ4v) is 2.72. The lowest BCUT2D eigenvalue weighted by Crippen LogP contribution is -2.42. The highest BCUT2D eigenvalue weighted by Gasteiger charge is 2.27. The molecule has 0 spiro atoms. The Balaban J connectivity index is 1.82. The van der Waals surface area contributed by atoms with Crippen molar-refractivity contribution in [3.63, 3.8) is 0 Å². The molecule has 0 amide bonds. The third-order valence-corrected chi connectivity index (χ3v) is 4.43. The van der Waals surface area contributed by atoms with Gasteiger partial charge in [-0.05, 0) is 50.4 Å². The first-order valence-corrected chi connectivity index (χ1v) is 8.52. The number of benzene rings is 1. The van der Waals surface area contributed by atoms with Crippen LogP contribution in [-0.2, 0) is 0 Å². The Kier molecular flexibility index (Phi) is 6.39. The number of aliphatic imine (C=N–C) groups is 1. The summed E-state index contributed by atoms with van der Waals surface area (Å²) in [4.78, 5) is 6.76. The predicted octanol–water partition coefficient (Wildman–Crippen LogP) is 2.84. The van der Waals surface area contributed by atoms with Crippen LogP contribution in [0.2, 0.25) is 0 Å². The van der Waals surface area contributed by atoms with Gasteiger partial charge in [-0.25, -0.2) is 4.39 Å². The molecule has 0 saturated heterocycles. The molecular weight excluding hydrogens is 291 g/mol. The molecule has 1 aromatic rings. The van der Waals surface area contributed by atoms with Crippen LogP contribution in [0.3, 0.4) is 0 Å². The van der Waals surface area contributed by atoms with E-state index in [-0.39, 0.29) is 11.9 Å². The fourth-order valence-electron chi connectivity index (χ4n) is 2.72. The van der Waals surface area contributed by atoms with Crippen molar-refractivity contribution in [2.75, 3.05) is 26.7 Å². The first-order valence-electron chi connectivity index (χ1n) is 8.52. The first-order chi connectivity index (χ1) is 11.0. The van der Waals surface area contributed by atoms with Gasteiger partial charge < -0.3 is 10.6 Å². The average molecular weight is 320 g/mol. The molecule has 23 heavy (non-hydrogen) atoms. The van der Waals surface area contributed by atoms with Gasteiger partial charge in [0.1, 0.15) is 5.82 Å². The molecule has 128 valence electrons. The van der Waals surface area contributed by atoms with E-state index in [9.17, 15) is 4.39 Å². The van der Waals surface area contributed by atoms with E-state index in [1.165, 1.54) is 12.8 Å². The zero-order valence-corrected chi connectivity index (χ0v) is 14.7. The Labute approximate surface area is 139 Å². The first kappa shape index (κ1) is 17.7. The van der Waals surface area contributed by atoms with E-state index < -0.39 is 0 Å². The minimum Gasteiger partial charge on any atom is -0.355 e. The van der Waals surface area contributed by atoms with Crippen molar-refractivity contribution in [1.29, 1.82) is 0 Å². The minimum absolute atomic E-state index is 0.00186. The molecule has 1 aliphatic rings. The monoisotopic (exact) mass is 320 g/mol. The van der Waals surface area contributed by atoms with E-state index >= 15 is 0 Å². The summed E-state index contributed by atoms with van der Waals surface area (Å²) in [5.74, 6) is 0.590. The lowest BCUT2D eigenvalue weighted by Gasteiger charge is -2.22. The summed E-state index contributed by atoms with van der Waals surface area (Å²) in [5, 5.41) is 6.67. The van der Waals surface area contributed by atoms with E-state index in [2.05, 4.69) is 27.4 Å². The molecule has 1 unspecified atom stereocenters.